The molecule has 3 rings (SSSR count). The Kier molecular flexibility index (Phi) is 6.05. The van der Waals surface area contributed by atoms with Crippen molar-refractivity contribution < 1.29 is 10.2 Å². The number of allylic oxidation sites excluding steroid dienone is 1. The van der Waals surface area contributed by atoms with Crippen LogP contribution in [-0.2, 0) is 6.42 Å². The predicted molar refractivity (Wildman–Crippen MR) is 102 cm³/mol. The van der Waals surface area contributed by atoms with Crippen molar-refractivity contribution in [3.63, 3.8) is 0 Å². The molecule has 1 fully saturated rings. The second-order valence-electron chi connectivity index (χ2n) is 7.55. The first-order valence-corrected chi connectivity index (χ1v) is 9.45. The van der Waals surface area contributed by atoms with Gasteiger partial charge in [0.15, 0.2) is 5.82 Å². The lowest BCUT2D eigenvalue weighted by Crippen LogP contribution is -2.32. The first-order valence-electron chi connectivity index (χ1n) is 9.45. The number of tetrazole rings is 1. The lowest BCUT2D eigenvalue weighted by atomic mass is 9.78. The summed E-state index contributed by atoms with van der Waals surface area (Å²) in [7, 11) is 0. The molecule has 0 amide bonds. The highest BCUT2D eigenvalue weighted by molar-refractivity contribution is 5.42. The van der Waals surface area contributed by atoms with Crippen LogP contribution in [0.4, 0.5) is 5.82 Å². The van der Waals surface area contributed by atoms with Gasteiger partial charge in [-0.15, -0.1) is 5.10 Å². The number of H-pyrrole nitrogens is 1. The van der Waals surface area contributed by atoms with Gasteiger partial charge in [0, 0.05) is 24.6 Å². The number of nitrogens with zero attached hydrogens (tertiary/aromatic N) is 5. The molecule has 3 heterocycles. The molecule has 1 aliphatic heterocycles. The summed E-state index contributed by atoms with van der Waals surface area (Å²) in [4.78, 5) is 6.77. The van der Waals surface area contributed by atoms with Gasteiger partial charge in [-0.1, -0.05) is 26.5 Å². The minimum Gasteiger partial charge on any atom is -0.513 e. The average Bonchev–Trinajstić information content (AvgIpc) is 3.32. The molecule has 2 aromatic rings. The number of nitrogens with one attached hydrogen (secondary N) is 1. The summed E-state index contributed by atoms with van der Waals surface area (Å²) >= 11 is 0. The van der Waals surface area contributed by atoms with Gasteiger partial charge in [-0.2, -0.15) is 0 Å². The third kappa shape index (κ3) is 4.27. The van der Waals surface area contributed by atoms with Gasteiger partial charge in [-0.05, 0) is 47.2 Å². The van der Waals surface area contributed by atoms with E-state index in [9.17, 15) is 10.2 Å². The zero-order valence-electron chi connectivity index (χ0n) is 15.9. The minimum atomic E-state index is -0.170. The molecule has 0 saturated carbocycles. The third-order valence-corrected chi connectivity index (χ3v) is 5.40. The molecule has 1 saturated heterocycles. The lowest BCUT2D eigenvalue weighted by Gasteiger charge is -2.28. The van der Waals surface area contributed by atoms with Crippen molar-refractivity contribution >= 4 is 5.82 Å². The van der Waals surface area contributed by atoms with Crippen LogP contribution >= 0.6 is 0 Å². The van der Waals surface area contributed by atoms with Crippen molar-refractivity contribution in [2.45, 2.75) is 45.1 Å². The molecule has 0 spiro atoms. The smallest absolute Gasteiger partial charge is 0.152 e. The van der Waals surface area contributed by atoms with Crippen molar-refractivity contribution in [3.05, 3.63) is 42.1 Å². The molecule has 0 unspecified atom stereocenters. The maximum Gasteiger partial charge on any atom is 0.152 e. The van der Waals surface area contributed by atoms with Gasteiger partial charge in [-0.3, -0.25) is 0 Å². The summed E-state index contributed by atoms with van der Waals surface area (Å²) in [6.45, 7) is 8.93. The number of hydrogen-bond donors (Lipinski definition) is 3. The van der Waals surface area contributed by atoms with Crippen molar-refractivity contribution in [2.24, 2.45) is 11.8 Å². The predicted octanol–water partition coefficient (Wildman–Crippen LogP) is 2.23. The van der Waals surface area contributed by atoms with E-state index in [0.29, 0.717) is 12.2 Å². The molecule has 0 radical (unpaired) electrons. The van der Waals surface area contributed by atoms with Gasteiger partial charge in [0.05, 0.1) is 18.4 Å². The number of aliphatic hydroxyl groups excluding tert-OH is 2. The fraction of sp³-hybridized carbons (Fsp3) is 0.579. The topological polar surface area (TPSA) is 111 Å². The van der Waals surface area contributed by atoms with Gasteiger partial charge in [0.2, 0.25) is 0 Å². The molecule has 146 valence electrons. The molecule has 27 heavy (non-hydrogen) atoms. The van der Waals surface area contributed by atoms with Crippen LogP contribution in [0.15, 0.2) is 30.7 Å². The Morgan fingerprint density at radius 2 is 2.22 bits per heavy atom. The Bertz CT molecular complexity index is 731. The standard InChI is InChI=1S/C19H28N6O2/c1-12(2)18(13(3)27)16(19-21-23-24-22-19)9-14-6-7-17(20-10-14)25-8-4-5-15(25)11-26/h6-7,10,12,15-16,18,26-27H,3-5,8-9,11H2,1-2H3,(H,21,22,23,24)/t15-,16+,18-/m1/s1. The second kappa shape index (κ2) is 8.47. The summed E-state index contributed by atoms with van der Waals surface area (Å²) in [5, 5.41) is 34.0. The van der Waals surface area contributed by atoms with Crippen molar-refractivity contribution in [1.29, 1.82) is 0 Å². The number of aromatic amines is 1. The second-order valence-corrected chi connectivity index (χ2v) is 7.55. The molecule has 0 aliphatic carbocycles. The maximum atomic E-state index is 10.2. The molecule has 3 N–H and O–H groups in total. The molecule has 8 heteroatoms. The molecular formula is C19H28N6O2. The van der Waals surface area contributed by atoms with Crippen LogP contribution in [0.3, 0.4) is 0 Å². The number of aromatic nitrogens is 5. The Labute approximate surface area is 159 Å². The monoisotopic (exact) mass is 372 g/mol. The van der Waals surface area contributed by atoms with Gasteiger partial charge in [-0.25, -0.2) is 10.1 Å². The average molecular weight is 372 g/mol. The highest BCUT2D eigenvalue weighted by atomic mass is 16.3. The quantitative estimate of drug-likeness (QED) is 0.609. The first kappa shape index (κ1) is 19.3. The van der Waals surface area contributed by atoms with Crippen LogP contribution in [0.5, 0.6) is 0 Å². The van der Waals surface area contributed by atoms with E-state index in [4.69, 9.17) is 0 Å². The fourth-order valence-corrected chi connectivity index (χ4v) is 4.09. The highest BCUT2D eigenvalue weighted by Gasteiger charge is 2.31. The first-order chi connectivity index (χ1) is 13.0. The lowest BCUT2D eigenvalue weighted by molar-refractivity contribution is 0.243. The Morgan fingerprint density at radius 1 is 1.41 bits per heavy atom. The van der Waals surface area contributed by atoms with E-state index in [1.54, 1.807) is 0 Å². The van der Waals surface area contributed by atoms with Crippen molar-refractivity contribution in [2.75, 3.05) is 18.1 Å². The number of anilines is 1. The van der Waals surface area contributed by atoms with E-state index in [2.05, 4.69) is 37.1 Å². The van der Waals surface area contributed by atoms with Crippen molar-refractivity contribution in [3.8, 4) is 0 Å². The van der Waals surface area contributed by atoms with Crippen LogP contribution in [-0.4, -0.2) is 55.0 Å². The minimum absolute atomic E-state index is 0.123. The van der Waals surface area contributed by atoms with E-state index < -0.39 is 0 Å². The van der Waals surface area contributed by atoms with E-state index in [-0.39, 0.29) is 36.2 Å². The van der Waals surface area contributed by atoms with Gasteiger partial charge in [0.25, 0.3) is 0 Å². The molecule has 0 aromatic carbocycles. The maximum absolute atomic E-state index is 10.2. The normalized spacial score (nSPS) is 19.4. The summed E-state index contributed by atoms with van der Waals surface area (Å²) in [5.74, 6) is 1.55. The molecule has 0 bridgehead atoms. The van der Waals surface area contributed by atoms with Crippen LogP contribution in [0.25, 0.3) is 0 Å². The molecule has 8 nitrogen and oxygen atoms in total. The number of pyridine rings is 1. The van der Waals surface area contributed by atoms with Gasteiger partial charge < -0.3 is 15.1 Å². The van der Waals surface area contributed by atoms with Crippen LogP contribution in [0.1, 0.15) is 44.0 Å². The summed E-state index contributed by atoms with van der Waals surface area (Å²) < 4.78 is 0. The Morgan fingerprint density at radius 3 is 2.78 bits per heavy atom. The van der Waals surface area contributed by atoms with E-state index in [1.165, 1.54) is 0 Å². The highest BCUT2D eigenvalue weighted by Crippen LogP contribution is 2.35. The van der Waals surface area contributed by atoms with Crippen LogP contribution < -0.4 is 4.90 Å². The molecule has 1 aliphatic rings. The summed E-state index contributed by atoms with van der Waals surface area (Å²) in [6.07, 6.45) is 4.56. The van der Waals surface area contributed by atoms with Crippen LogP contribution in [0.2, 0.25) is 0 Å². The van der Waals surface area contributed by atoms with E-state index in [0.717, 1.165) is 30.8 Å². The molecule has 3 atom stereocenters. The third-order valence-electron chi connectivity index (χ3n) is 5.40. The summed E-state index contributed by atoms with van der Waals surface area (Å²) in [5.41, 5.74) is 1.03. The number of aliphatic hydroxyl groups is 2. The SMILES string of the molecule is C=C(O)[C@@H](C(C)C)[C@H](Cc1ccc(N2CCC[C@@H]2CO)nc1)c1nnn[nH]1. The fourth-order valence-electron chi connectivity index (χ4n) is 4.09. The Balaban J connectivity index is 1.81. The largest absolute Gasteiger partial charge is 0.513 e. The zero-order chi connectivity index (χ0) is 19.4. The Hall–Kier alpha value is -2.48. The number of hydrogen-bond acceptors (Lipinski definition) is 7. The summed E-state index contributed by atoms with van der Waals surface area (Å²) in [6, 6.07) is 4.19. The van der Waals surface area contributed by atoms with E-state index >= 15 is 0 Å². The molecule has 2 aromatic heterocycles. The number of rotatable bonds is 8. The van der Waals surface area contributed by atoms with E-state index in [1.807, 2.05) is 32.2 Å². The van der Waals surface area contributed by atoms with Gasteiger partial charge >= 0.3 is 0 Å². The molecular weight excluding hydrogens is 344 g/mol. The zero-order valence-corrected chi connectivity index (χ0v) is 15.9. The van der Waals surface area contributed by atoms with Gasteiger partial charge in [0.1, 0.15) is 5.82 Å². The van der Waals surface area contributed by atoms with Crippen LogP contribution in [0, 0.1) is 11.8 Å². The van der Waals surface area contributed by atoms with Crippen molar-refractivity contribution in [1.82, 2.24) is 25.6 Å².